The van der Waals surface area contributed by atoms with Gasteiger partial charge in [0.2, 0.25) is 0 Å². The maximum absolute atomic E-state index is 4.94. The van der Waals surface area contributed by atoms with Gasteiger partial charge in [-0.25, -0.2) is 0 Å². The number of methoxy groups -OCH3 is 2. The Balaban J connectivity index is 2.92. The molecule has 0 unspecified atom stereocenters. The van der Waals surface area contributed by atoms with E-state index in [0.29, 0.717) is 0 Å². The second-order valence-corrected chi connectivity index (χ2v) is 4.89. The van der Waals surface area contributed by atoms with Crippen LogP contribution in [-0.2, 0) is 9.47 Å². The lowest BCUT2D eigenvalue weighted by Crippen LogP contribution is -2.21. The molecule has 0 aliphatic carbocycles. The number of rotatable bonds is 4. The van der Waals surface area contributed by atoms with Crippen LogP contribution in [0.5, 0.6) is 0 Å². The number of hydrogen-bond donors (Lipinski definition) is 0. The third-order valence-corrected chi connectivity index (χ3v) is 2.71. The molecule has 0 radical (unpaired) electrons. The Morgan fingerprint density at radius 3 is 1.75 bits per heavy atom. The minimum atomic E-state index is -0.647. The summed E-state index contributed by atoms with van der Waals surface area (Å²) in [6.45, 7) is 2.23. The zero-order valence-corrected chi connectivity index (χ0v) is 6.96. The van der Waals surface area contributed by atoms with Gasteiger partial charge in [0.25, 0.3) is 0 Å². The molecule has 0 spiro atoms. The molecule has 0 aliphatic rings. The predicted molar refractivity (Wildman–Crippen MR) is 36.8 cm³/mol. The molecule has 0 aromatic heterocycles. The fourth-order valence-electron chi connectivity index (χ4n) is 0.617. The van der Waals surface area contributed by atoms with Crippen molar-refractivity contribution in [1.82, 2.24) is 0 Å². The maximum Gasteiger partial charge on any atom is 0.0945 e. The summed E-state index contributed by atoms with van der Waals surface area (Å²) in [4.78, 5) is 0. The molecule has 3 heteroatoms. The smallest absolute Gasteiger partial charge is 0.0945 e. The molecule has 0 aromatic carbocycles. The first-order chi connectivity index (χ1) is 3.81. The lowest BCUT2D eigenvalue weighted by Gasteiger charge is -2.04. The Morgan fingerprint density at radius 2 is 1.50 bits per heavy atom. The predicted octanol–water partition coefficient (Wildman–Crippen LogP) is 0.214. The molecule has 2 nitrogen and oxygen atoms in total. The van der Waals surface area contributed by atoms with Gasteiger partial charge in [0.1, 0.15) is 0 Å². The van der Waals surface area contributed by atoms with E-state index in [9.17, 15) is 0 Å². The summed E-state index contributed by atoms with van der Waals surface area (Å²) in [5, 5.41) is 0. The van der Waals surface area contributed by atoms with Crippen molar-refractivity contribution in [3.8, 4) is 0 Å². The summed E-state index contributed by atoms with van der Waals surface area (Å²) >= 11 is 0. The van der Waals surface area contributed by atoms with Gasteiger partial charge in [-0.2, -0.15) is 0 Å². The minimum Gasteiger partial charge on any atom is -0.388 e. The summed E-state index contributed by atoms with van der Waals surface area (Å²) in [6, 6.07) is 0. The van der Waals surface area contributed by atoms with Crippen molar-refractivity contribution in [3.63, 3.8) is 0 Å². The van der Waals surface area contributed by atoms with Gasteiger partial charge in [-0.15, -0.1) is 0 Å². The van der Waals surface area contributed by atoms with Crippen LogP contribution in [0.4, 0.5) is 0 Å². The maximum atomic E-state index is 4.94. The Bertz CT molecular complexity index is 43.7. The minimum absolute atomic E-state index is 0.647. The van der Waals surface area contributed by atoms with E-state index in [1.807, 2.05) is 0 Å². The molecule has 0 heterocycles. The molecule has 0 aromatic rings. The van der Waals surface area contributed by atoms with Crippen LogP contribution < -0.4 is 0 Å². The average molecular weight is 134 g/mol. The largest absolute Gasteiger partial charge is 0.388 e. The van der Waals surface area contributed by atoms with Crippen LogP contribution >= 0.6 is 0 Å². The second kappa shape index (κ2) is 5.28. The van der Waals surface area contributed by atoms with Gasteiger partial charge in [-0.1, -0.05) is 6.55 Å². The van der Waals surface area contributed by atoms with E-state index < -0.39 is 8.80 Å². The fraction of sp³-hybridized carbons (Fsp3) is 1.00. The molecule has 0 atom stereocenters. The van der Waals surface area contributed by atoms with Gasteiger partial charge in [-0.05, 0) is 0 Å². The van der Waals surface area contributed by atoms with Gasteiger partial charge in [0.05, 0.1) is 8.80 Å². The molecule has 0 amide bonds. The van der Waals surface area contributed by atoms with Crippen molar-refractivity contribution < 1.29 is 9.47 Å². The molecule has 0 bridgehead atoms. The van der Waals surface area contributed by atoms with Crippen molar-refractivity contribution in [3.05, 3.63) is 0 Å². The highest BCUT2D eigenvalue weighted by Gasteiger charge is 1.99. The van der Waals surface area contributed by atoms with Gasteiger partial charge in [-0.3, -0.25) is 0 Å². The molecule has 0 rings (SSSR count). The number of hydrogen-bond acceptors (Lipinski definition) is 2. The Kier molecular flexibility index (Phi) is 5.37. The first-order valence-corrected chi connectivity index (χ1v) is 5.58. The molecule has 0 fully saturated rings. The highest BCUT2D eigenvalue weighted by molar-refractivity contribution is 6.57. The lowest BCUT2D eigenvalue weighted by molar-refractivity contribution is 0.223. The van der Waals surface area contributed by atoms with E-state index in [1.54, 1.807) is 14.2 Å². The topological polar surface area (TPSA) is 18.5 Å². The number of ether oxygens (including phenoxy) is 2. The summed E-state index contributed by atoms with van der Waals surface area (Å²) in [7, 11) is 2.82. The fourth-order valence-corrected chi connectivity index (χ4v) is 1.85. The molecular weight excluding hydrogens is 120 g/mol. The Morgan fingerprint density at radius 1 is 1.12 bits per heavy atom. The van der Waals surface area contributed by atoms with E-state index in [2.05, 4.69) is 6.55 Å². The summed E-state index contributed by atoms with van der Waals surface area (Å²) in [6.07, 6.45) is 1.85. The van der Waals surface area contributed by atoms with Gasteiger partial charge >= 0.3 is 0 Å². The van der Waals surface area contributed by atoms with Crippen LogP contribution in [0, 0.1) is 0 Å². The van der Waals surface area contributed by atoms with Crippen molar-refractivity contribution in [1.29, 1.82) is 0 Å². The van der Waals surface area contributed by atoms with Gasteiger partial charge < -0.3 is 9.47 Å². The first-order valence-electron chi connectivity index (χ1n) is 2.79. The second-order valence-electron chi connectivity index (χ2n) is 2.02. The van der Waals surface area contributed by atoms with E-state index in [4.69, 9.17) is 9.47 Å². The van der Waals surface area contributed by atoms with Crippen molar-refractivity contribution >= 4 is 8.80 Å². The SMILES string of the molecule is COC[SiH](C)COC. The van der Waals surface area contributed by atoms with Crippen LogP contribution in [0.2, 0.25) is 6.55 Å². The molecular formula is C5H14O2Si. The zero-order chi connectivity index (χ0) is 6.41. The highest BCUT2D eigenvalue weighted by Crippen LogP contribution is 1.81. The lowest BCUT2D eigenvalue weighted by atomic mass is 11.5. The summed E-state index contributed by atoms with van der Waals surface area (Å²) in [5.74, 6) is 0. The highest BCUT2D eigenvalue weighted by atomic mass is 28.3. The van der Waals surface area contributed by atoms with Crippen LogP contribution in [0.15, 0.2) is 0 Å². The first kappa shape index (κ1) is 8.14. The molecule has 0 aliphatic heterocycles. The molecule has 0 saturated carbocycles. The van der Waals surface area contributed by atoms with Gasteiger partial charge in [0.15, 0.2) is 0 Å². The standard InChI is InChI=1S/C5H14O2Si/c1-6-4-8(3)5-7-2/h8H,4-5H2,1-3H3. The molecule has 50 valence electrons. The normalized spacial score (nSPS) is 10.5. The van der Waals surface area contributed by atoms with Crippen molar-refractivity contribution in [2.24, 2.45) is 0 Å². The average Bonchev–Trinajstić information content (AvgIpc) is 1.68. The van der Waals surface area contributed by atoms with Crippen molar-refractivity contribution in [2.45, 2.75) is 6.55 Å². The Hall–Kier alpha value is 0.137. The molecule has 0 saturated heterocycles. The van der Waals surface area contributed by atoms with Gasteiger partial charge in [0, 0.05) is 26.7 Å². The van der Waals surface area contributed by atoms with Crippen LogP contribution in [0.1, 0.15) is 0 Å². The van der Waals surface area contributed by atoms with E-state index in [0.717, 1.165) is 12.5 Å². The van der Waals surface area contributed by atoms with Crippen molar-refractivity contribution in [2.75, 3.05) is 26.7 Å². The van der Waals surface area contributed by atoms with Crippen LogP contribution in [-0.4, -0.2) is 35.5 Å². The van der Waals surface area contributed by atoms with E-state index >= 15 is 0 Å². The summed E-state index contributed by atoms with van der Waals surface area (Å²) < 4.78 is 9.88. The van der Waals surface area contributed by atoms with Crippen LogP contribution in [0.25, 0.3) is 0 Å². The third kappa shape index (κ3) is 4.30. The monoisotopic (exact) mass is 134 g/mol. The summed E-state index contributed by atoms with van der Waals surface area (Å²) in [5.41, 5.74) is 0. The third-order valence-electron chi connectivity index (χ3n) is 0.902. The Labute approximate surface area is 52.4 Å². The van der Waals surface area contributed by atoms with E-state index in [-0.39, 0.29) is 0 Å². The molecule has 8 heavy (non-hydrogen) atoms. The quantitative estimate of drug-likeness (QED) is 0.512. The zero-order valence-electron chi connectivity index (χ0n) is 5.81. The van der Waals surface area contributed by atoms with Crippen LogP contribution in [0.3, 0.4) is 0 Å². The van der Waals surface area contributed by atoms with E-state index in [1.165, 1.54) is 0 Å². The molecule has 0 N–H and O–H groups in total.